The fraction of sp³-hybridized carbons (Fsp3) is 0.179. The van der Waals surface area contributed by atoms with Gasteiger partial charge in [0.2, 0.25) is 0 Å². The van der Waals surface area contributed by atoms with Crippen molar-refractivity contribution in [3.8, 4) is 5.75 Å². The average Bonchev–Trinajstić information content (AvgIpc) is 3.06. The molecule has 2 heterocycles. The van der Waals surface area contributed by atoms with Gasteiger partial charge in [-0.2, -0.15) is 0 Å². The monoisotopic (exact) mass is 469 g/mol. The quantitative estimate of drug-likeness (QED) is 0.337. The molecule has 4 aromatic rings. The maximum Gasteiger partial charge on any atom is 0.347 e. The first-order valence-electron chi connectivity index (χ1n) is 11.2. The van der Waals surface area contributed by atoms with Crippen LogP contribution < -0.4 is 15.3 Å². The zero-order valence-electron chi connectivity index (χ0n) is 19.3. The number of fused-ring (bicyclic) bond motifs is 2. The Morgan fingerprint density at radius 3 is 2.54 bits per heavy atom. The van der Waals surface area contributed by atoms with E-state index in [-0.39, 0.29) is 17.7 Å². The van der Waals surface area contributed by atoms with Gasteiger partial charge in [0.05, 0.1) is 25.8 Å². The van der Waals surface area contributed by atoms with Crippen LogP contribution in [0.3, 0.4) is 0 Å². The average molecular weight is 469 g/mol. The highest BCUT2D eigenvalue weighted by Crippen LogP contribution is 2.43. The lowest BCUT2D eigenvalue weighted by Gasteiger charge is -2.23. The first-order valence-corrected chi connectivity index (χ1v) is 11.2. The molecule has 0 unspecified atom stereocenters. The maximum absolute atomic E-state index is 13.6. The Morgan fingerprint density at radius 1 is 1.03 bits per heavy atom. The summed E-state index contributed by atoms with van der Waals surface area (Å²) in [7, 11) is 1.45. The van der Waals surface area contributed by atoms with Crippen LogP contribution in [0.2, 0.25) is 0 Å². The molecule has 0 saturated heterocycles. The molecule has 5 rings (SSSR count). The summed E-state index contributed by atoms with van der Waals surface area (Å²) in [4.78, 5) is 41.0. The number of nitrogens with zero attached hydrogens (tertiary/aromatic N) is 1. The number of ether oxygens (including phenoxy) is 1. The third-order valence-corrected chi connectivity index (χ3v) is 6.49. The van der Waals surface area contributed by atoms with Gasteiger partial charge in [0.25, 0.3) is 5.91 Å². The minimum Gasteiger partial charge on any atom is -0.493 e. The smallest absolute Gasteiger partial charge is 0.347 e. The highest BCUT2D eigenvalue weighted by molar-refractivity contribution is 6.11. The van der Waals surface area contributed by atoms with Crippen molar-refractivity contribution in [3.63, 3.8) is 0 Å². The summed E-state index contributed by atoms with van der Waals surface area (Å²) in [5.41, 5.74) is -0.171. The minimum absolute atomic E-state index is 0.224. The molecule has 1 N–H and O–H groups in total. The number of aryl methyl sites for hydroxylation is 1. The lowest BCUT2D eigenvalue weighted by atomic mass is 9.88. The van der Waals surface area contributed by atoms with Crippen molar-refractivity contribution in [1.82, 2.24) is 0 Å². The number of Topliss-reactive ketones (excluding diaryl/α,β-unsaturated/α-hetero) is 1. The number of aliphatic hydroxyl groups is 1. The van der Waals surface area contributed by atoms with E-state index in [2.05, 4.69) is 0 Å². The molecule has 1 aliphatic heterocycles. The van der Waals surface area contributed by atoms with E-state index >= 15 is 0 Å². The molecule has 0 fully saturated rings. The molecule has 176 valence electrons. The number of carbonyl (C=O) groups excluding carboxylic acids is 2. The summed E-state index contributed by atoms with van der Waals surface area (Å²) >= 11 is 0. The van der Waals surface area contributed by atoms with Crippen LogP contribution in [0, 0.1) is 6.92 Å². The second-order valence-electron chi connectivity index (χ2n) is 8.62. The van der Waals surface area contributed by atoms with Crippen molar-refractivity contribution >= 4 is 28.3 Å². The van der Waals surface area contributed by atoms with E-state index in [1.165, 1.54) is 18.1 Å². The molecular formula is C28H23NO6. The molecule has 1 aromatic heterocycles. The zero-order chi connectivity index (χ0) is 24.7. The van der Waals surface area contributed by atoms with Gasteiger partial charge in [-0.25, -0.2) is 4.79 Å². The van der Waals surface area contributed by atoms with Gasteiger partial charge in [-0.1, -0.05) is 54.6 Å². The second kappa shape index (κ2) is 8.52. The fourth-order valence-corrected chi connectivity index (χ4v) is 4.59. The summed E-state index contributed by atoms with van der Waals surface area (Å²) in [5.74, 6) is -0.932. The number of benzene rings is 3. The Kier molecular flexibility index (Phi) is 5.49. The van der Waals surface area contributed by atoms with E-state index < -0.39 is 29.3 Å². The van der Waals surface area contributed by atoms with Crippen LogP contribution in [0.5, 0.6) is 5.75 Å². The predicted molar refractivity (Wildman–Crippen MR) is 131 cm³/mol. The molecule has 0 radical (unpaired) electrons. The van der Waals surface area contributed by atoms with E-state index in [0.29, 0.717) is 22.4 Å². The number of anilines is 1. The largest absolute Gasteiger partial charge is 0.493 e. The number of carbonyl (C=O) groups is 2. The number of methoxy groups -OCH3 is 1. The number of para-hydroxylation sites is 2. The van der Waals surface area contributed by atoms with Crippen LogP contribution in [-0.4, -0.2) is 23.9 Å². The van der Waals surface area contributed by atoms with Crippen LogP contribution in [0.1, 0.15) is 33.5 Å². The van der Waals surface area contributed by atoms with Gasteiger partial charge < -0.3 is 19.2 Å². The Bertz CT molecular complexity index is 1540. The molecule has 7 heteroatoms. The first kappa shape index (κ1) is 22.6. The summed E-state index contributed by atoms with van der Waals surface area (Å²) in [5, 5.41) is 12.1. The Labute approximate surface area is 201 Å². The number of ketones is 1. The summed E-state index contributed by atoms with van der Waals surface area (Å²) in [6.45, 7) is 2.20. The lowest BCUT2D eigenvalue weighted by molar-refractivity contribution is -0.136. The van der Waals surface area contributed by atoms with Gasteiger partial charge in [0, 0.05) is 10.9 Å². The van der Waals surface area contributed by atoms with Crippen LogP contribution in [0.15, 0.2) is 82.0 Å². The standard InChI is InChI=1S/C28H23NO6/c1-17-8-3-4-9-19(17)16-29-22-12-6-5-11-21(22)28(33,27(29)32)15-23(30)20-14-18-10-7-13-24(34-2)25(18)35-26(20)31/h3-14,33H,15-16H2,1-2H3/t28-/m1/s1. The van der Waals surface area contributed by atoms with Crippen molar-refractivity contribution < 1.29 is 23.8 Å². The molecule has 7 nitrogen and oxygen atoms in total. The molecule has 1 atom stereocenters. The Balaban J connectivity index is 1.52. The van der Waals surface area contributed by atoms with E-state index in [4.69, 9.17) is 9.15 Å². The molecule has 0 saturated carbocycles. The number of amides is 1. The summed E-state index contributed by atoms with van der Waals surface area (Å²) < 4.78 is 10.6. The van der Waals surface area contributed by atoms with E-state index in [1.54, 1.807) is 42.5 Å². The van der Waals surface area contributed by atoms with E-state index in [9.17, 15) is 19.5 Å². The van der Waals surface area contributed by atoms with Crippen molar-refractivity contribution in [1.29, 1.82) is 0 Å². The zero-order valence-corrected chi connectivity index (χ0v) is 19.3. The molecule has 1 aliphatic rings. The van der Waals surface area contributed by atoms with Gasteiger partial charge in [-0.3, -0.25) is 9.59 Å². The normalized spacial score (nSPS) is 17.0. The number of rotatable bonds is 6. The fourth-order valence-electron chi connectivity index (χ4n) is 4.59. The molecule has 1 amide bonds. The first-order chi connectivity index (χ1) is 16.8. The van der Waals surface area contributed by atoms with Gasteiger partial charge in [0.15, 0.2) is 22.7 Å². The third-order valence-electron chi connectivity index (χ3n) is 6.49. The van der Waals surface area contributed by atoms with E-state index in [0.717, 1.165) is 11.1 Å². The van der Waals surface area contributed by atoms with Gasteiger partial charge >= 0.3 is 5.63 Å². The molecule has 0 bridgehead atoms. The lowest BCUT2D eigenvalue weighted by Crippen LogP contribution is -2.42. The van der Waals surface area contributed by atoms with Crippen LogP contribution in [-0.2, 0) is 16.9 Å². The van der Waals surface area contributed by atoms with Gasteiger partial charge in [0.1, 0.15) is 5.56 Å². The van der Waals surface area contributed by atoms with Crippen molar-refractivity contribution in [2.75, 3.05) is 12.0 Å². The van der Waals surface area contributed by atoms with Crippen LogP contribution in [0.25, 0.3) is 11.0 Å². The molecule has 0 aliphatic carbocycles. The van der Waals surface area contributed by atoms with E-state index in [1.807, 2.05) is 31.2 Å². The highest BCUT2D eigenvalue weighted by atomic mass is 16.5. The molecule has 3 aromatic carbocycles. The molecular weight excluding hydrogens is 446 g/mol. The van der Waals surface area contributed by atoms with Crippen LogP contribution in [0.4, 0.5) is 5.69 Å². The second-order valence-corrected chi connectivity index (χ2v) is 8.62. The predicted octanol–water partition coefficient (Wildman–Crippen LogP) is 4.12. The topological polar surface area (TPSA) is 97.0 Å². The Hall–Kier alpha value is -4.23. The van der Waals surface area contributed by atoms with Gasteiger partial charge in [-0.15, -0.1) is 0 Å². The summed E-state index contributed by atoms with van der Waals surface area (Å²) in [6.07, 6.45) is -0.590. The SMILES string of the molecule is COc1cccc2cc(C(=O)C[C@]3(O)C(=O)N(Cc4ccccc4C)c4ccccc43)c(=O)oc12. The number of hydrogen-bond acceptors (Lipinski definition) is 6. The molecule has 0 spiro atoms. The van der Waals surface area contributed by atoms with Crippen molar-refractivity contribution in [2.45, 2.75) is 25.5 Å². The number of hydrogen-bond donors (Lipinski definition) is 1. The van der Waals surface area contributed by atoms with Crippen molar-refractivity contribution in [2.24, 2.45) is 0 Å². The van der Waals surface area contributed by atoms with Gasteiger partial charge in [-0.05, 0) is 36.2 Å². The minimum atomic E-state index is -2.11. The third kappa shape index (κ3) is 3.70. The summed E-state index contributed by atoms with van der Waals surface area (Å²) in [6, 6.07) is 21.0. The maximum atomic E-state index is 13.6. The highest BCUT2D eigenvalue weighted by Gasteiger charge is 2.51. The van der Waals surface area contributed by atoms with Crippen molar-refractivity contribution in [3.05, 3.63) is 105 Å². The Morgan fingerprint density at radius 2 is 1.77 bits per heavy atom. The van der Waals surface area contributed by atoms with Crippen LogP contribution >= 0.6 is 0 Å². The molecule has 35 heavy (non-hydrogen) atoms.